The molecule has 0 saturated carbocycles. The first-order valence-corrected chi connectivity index (χ1v) is 7.71. The second kappa shape index (κ2) is 5.86. The lowest BCUT2D eigenvalue weighted by Gasteiger charge is -2.05. The fraction of sp³-hybridized carbons (Fsp3) is 0.111. The number of nitrogens with zero attached hydrogens (tertiary/aromatic N) is 5. The van der Waals surface area contributed by atoms with Crippen molar-refractivity contribution in [2.24, 2.45) is 0 Å². The molecule has 0 fully saturated rings. The molecular weight excluding hydrogens is 318 g/mol. The molecule has 0 N–H and O–H groups in total. The lowest BCUT2D eigenvalue weighted by molar-refractivity contribution is 0.398. The number of pyridine rings is 2. The number of aryl methyl sites for hydroxylation is 1. The molecule has 0 aliphatic heterocycles. The topological polar surface area (TPSA) is 74.3 Å². The first-order chi connectivity index (χ1) is 12.2. The minimum atomic E-state index is -0.263. The minimum absolute atomic E-state index is 0.263. The van der Waals surface area contributed by atoms with Crippen molar-refractivity contribution in [2.45, 2.75) is 6.92 Å². The van der Waals surface area contributed by atoms with Gasteiger partial charge in [-0.2, -0.15) is 9.78 Å². The van der Waals surface area contributed by atoms with Gasteiger partial charge in [0.25, 0.3) is 0 Å². The summed E-state index contributed by atoms with van der Waals surface area (Å²) in [6.07, 6.45) is 4.97. The molecule has 124 valence electrons. The van der Waals surface area contributed by atoms with Crippen molar-refractivity contribution in [1.82, 2.24) is 24.1 Å². The van der Waals surface area contributed by atoms with Crippen LogP contribution in [0.4, 0.5) is 0 Å². The molecule has 0 atom stereocenters. The zero-order valence-electron chi connectivity index (χ0n) is 13.7. The number of rotatable bonds is 3. The predicted molar refractivity (Wildman–Crippen MR) is 93.1 cm³/mol. The second-order valence-corrected chi connectivity index (χ2v) is 5.52. The lowest BCUT2D eigenvalue weighted by atomic mass is 10.1. The lowest BCUT2D eigenvalue weighted by Crippen LogP contribution is -2.28. The Balaban J connectivity index is 1.94. The zero-order chi connectivity index (χ0) is 17.4. The van der Waals surface area contributed by atoms with Crippen LogP contribution in [0.5, 0.6) is 5.88 Å². The normalized spacial score (nSPS) is 11.0. The van der Waals surface area contributed by atoms with Crippen LogP contribution in [0.25, 0.3) is 22.5 Å². The van der Waals surface area contributed by atoms with Crippen LogP contribution in [0.3, 0.4) is 0 Å². The number of hydrogen-bond acceptors (Lipinski definition) is 5. The van der Waals surface area contributed by atoms with Crippen molar-refractivity contribution in [3.05, 3.63) is 71.2 Å². The Labute approximate surface area is 143 Å². The number of hydrogen-bond donors (Lipinski definition) is 0. The molecule has 0 saturated heterocycles. The van der Waals surface area contributed by atoms with Gasteiger partial charge in [0, 0.05) is 29.7 Å². The van der Waals surface area contributed by atoms with Crippen LogP contribution >= 0.6 is 0 Å². The van der Waals surface area contributed by atoms with Gasteiger partial charge in [-0.3, -0.25) is 4.40 Å². The molecule has 0 aliphatic carbocycles. The maximum absolute atomic E-state index is 12.9. The molecule has 0 unspecified atom stereocenters. The highest BCUT2D eigenvalue weighted by atomic mass is 16.5. The molecule has 0 aliphatic rings. The van der Waals surface area contributed by atoms with E-state index in [1.165, 1.54) is 4.68 Å². The number of fused-ring (bicyclic) bond motifs is 1. The zero-order valence-corrected chi connectivity index (χ0v) is 13.7. The van der Waals surface area contributed by atoms with E-state index in [2.05, 4.69) is 15.1 Å². The third kappa shape index (κ3) is 2.46. The van der Waals surface area contributed by atoms with E-state index in [9.17, 15) is 4.79 Å². The van der Waals surface area contributed by atoms with Crippen molar-refractivity contribution in [2.75, 3.05) is 7.11 Å². The van der Waals surface area contributed by atoms with Crippen LogP contribution in [-0.2, 0) is 0 Å². The van der Waals surface area contributed by atoms with Crippen molar-refractivity contribution in [1.29, 1.82) is 0 Å². The summed E-state index contributed by atoms with van der Waals surface area (Å²) in [4.78, 5) is 21.2. The highest BCUT2D eigenvalue weighted by Gasteiger charge is 2.14. The number of ether oxygens (including phenoxy) is 1. The SMILES string of the molecule is COc1cc(-c2cc3cnn(-c4ccccn4)c(=O)n3c2C)ccn1. The summed E-state index contributed by atoms with van der Waals surface area (Å²) in [7, 11) is 1.57. The van der Waals surface area contributed by atoms with E-state index in [0.717, 1.165) is 22.3 Å². The van der Waals surface area contributed by atoms with Gasteiger partial charge in [0.1, 0.15) is 0 Å². The van der Waals surface area contributed by atoms with Gasteiger partial charge in [-0.05, 0) is 36.8 Å². The summed E-state index contributed by atoms with van der Waals surface area (Å²) < 4.78 is 8.10. The van der Waals surface area contributed by atoms with E-state index >= 15 is 0 Å². The summed E-state index contributed by atoms with van der Waals surface area (Å²) in [5.41, 5.74) is 3.14. The van der Waals surface area contributed by atoms with Gasteiger partial charge in [0.2, 0.25) is 5.88 Å². The van der Waals surface area contributed by atoms with E-state index in [1.807, 2.05) is 31.2 Å². The number of aromatic nitrogens is 5. The summed E-state index contributed by atoms with van der Waals surface area (Å²) in [6.45, 7) is 1.90. The molecule has 0 bridgehead atoms. The fourth-order valence-electron chi connectivity index (χ4n) is 2.86. The molecule has 0 radical (unpaired) electrons. The second-order valence-electron chi connectivity index (χ2n) is 5.52. The molecule has 7 heteroatoms. The largest absolute Gasteiger partial charge is 0.481 e. The third-order valence-electron chi connectivity index (χ3n) is 4.07. The molecule has 25 heavy (non-hydrogen) atoms. The Kier molecular flexibility index (Phi) is 3.53. The van der Waals surface area contributed by atoms with Gasteiger partial charge in [-0.15, -0.1) is 0 Å². The maximum Gasteiger partial charge on any atom is 0.355 e. The molecule has 4 aromatic rings. The molecule has 7 nitrogen and oxygen atoms in total. The first kappa shape index (κ1) is 15.1. The molecule has 4 aromatic heterocycles. The molecule has 0 aromatic carbocycles. The Morgan fingerprint density at radius 3 is 2.72 bits per heavy atom. The first-order valence-electron chi connectivity index (χ1n) is 7.71. The molecule has 4 rings (SSSR count). The predicted octanol–water partition coefficient (Wildman–Crippen LogP) is 2.26. The van der Waals surface area contributed by atoms with Crippen molar-refractivity contribution >= 4 is 5.52 Å². The maximum atomic E-state index is 12.9. The Morgan fingerprint density at radius 2 is 1.96 bits per heavy atom. The van der Waals surface area contributed by atoms with Crippen LogP contribution in [0.15, 0.2) is 59.8 Å². The summed E-state index contributed by atoms with van der Waals surface area (Å²) >= 11 is 0. The van der Waals surface area contributed by atoms with Gasteiger partial charge >= 0.3 is 5.69 Å². The van der Waals surface area contributed by atoms with Crippen LogP contribution in [0.2, 0.25) is 0 Å². The van der Waals surface area contributed by atoms with Crippen LogP contribution in [0.1, 0.15) is 5.69 Å². The van der Waals surface area contributed by atoms with Gasteiger partial charge in [-0.1, -0.05) is 6.07 Å². The number of methoxy groups -OCH3 is 1. The van der Waals surface area contributed by atoms with Crippen molar-refractivity contribution < 1.29 is 4.74 Å². The molecule has 0 spiro atoms. The third-order valence-corrected chi connectivity index (χ3v) is 4.07. The van der Waals surface area contributed by atoms with Gasteiger partial charge in [0.15, 0.2) is 5.82 Å². The summed E-state index contributed by atoms with van der Waals surface area (Å²) in [5, 5.41) is 4.24. The quantitative estimate of drug-likeness (QED) is 0.575. The van der Waals surface area contributed by atoms with Crippen LogP contribution < -0.4 is 10.4 Å². The van der Waals surface area contributed by atoms with E-state index in [4.69, 9.17) is 4.74 Å². The van der Waals surface area contributed by atoms with Gasteiger partial charge in [0.05, 0.1) is 18.8 Å². The Bertz CT molecular complexity index is 1120. The van der Waals surface area contributed by atoms with Crippen molar-refractivity contribution in [3.63, 3.8) is 0 Å². The van der Waals surface area contributed by atoms with Crippen molar-refractivity contribution in [3.8, 4) is 22.8 Å². The van der Waals surface area contributed by atoms with Gasteiger partial charge < -0.3 is 4.74 Å². The van der Waals surface area contributed by atoms with E-state index in [1.54, 1.807) is 42.2 Å². The van der Waals surface area contributed by atoms with Crippen LogP contribution in [0, 0.1) is 6.92 Å². The molecular formula is C18H15N5O2. The average Bonchev–Trinajstić information content (AvgIpc) is 3.00. The van der Waals surface area contributed by atoms with Crippen LogP contribution in [-0.4, -0.2) is 31.3 Å². The van der Waals surface area contributed by atoms with Gasteiger partial charge in [-0.25, -0.2) is 14.8 Å². The van der Waals surface area contributed by atoms with E-state index in [-0.39, 0.29) is 5.69 Å². The fourth-order valence-corrected chi connectivity index (χ4v) is 2.86. The highest BCUT2D eigenvalue weighted by molar-refractivity contribution is 5.73. The smallest absolute Gasteiger partial charge is 0.355 e. The Morgan fingerprint density at radius 1 is 1.08 bits per heavy atom. The minimum Gasteiger partial charge on any atom is -0.481 e. The molecule has 0 amide bonds. The monoisotopic (exact) mass is 333 g/mol. The highest BCUT2D eigenvalue weighted by Crippen LogP contribution is 2.27. The van der Waals surface area contributed by atoms with E-state index < -0.39 is 0 Å². The van der Waals surface area contributed by atoms with E-state index in [0.29, 0.717) is 11.7 Å². The summed E-state index contributed by atoms with van der Waals surface area (Å²) in [6, 6.07) is 11.0. The summed E-state index contributed by atoms with van der Waals surface area (Å²) in [5.74, 6) is 1.01. The average molecular weight is 333 g/mol. The Hall–Kier alpha value is -3.48. The molecule has 4 heterocycles. The standard InChI is InChI=1S/C18H15N5O2/c1-12-15(13-6-8-20-17(9-13)25-2)10-14-11-21-23(18(24)22(12)14)16-5-3-4-7-19-16/h3-11H,1-2H3.